The summed E-state index contributed by atoms with van der Waals surface area (Å²) in [6.07, 6.45) is 0. The quantitative estimate of drug-likeness (QED) is 0.853. The first-order valence-corrected chi connectivity index (χ1v) is 5.80. The summed E-state index contributed by atoms with van der Waals surface area (Å²) < 4.78 is 5.27. The number of hydrogen-bond acceptors (Lipinski definition) is 4. The highest BCUT2D eigenvalue weighted by Crippen LogP contribution is 2.21. The first kappa shape index (κ1) is 15.0. The summed E-state index contributed by atoms with van der Waals surface area (Å²) in [5.74, 6) is 0.273. The number of aromatic hydroxyl groups is 1. The van der Waals surface area contributed by atoms with Gasteiger partial charge in [-0.1, -0.05) is 0 Å². The number of carbonyl (C=O) groups is 1. The van der Waals surface area contributed by atoms with E-state index in [2.05, 4.69) is 4.90 Å². The largest absolute Gasteiger partial charge is 0.508 e. The van der Waals surface area contributed by atoms with E-state index in [1.54, 1.807) is 18.2 Å². The normalized spacial score (nSPS) is 16.1. The number of hydrogen-bond donors (Lipinski definition) is 1. The molecule has 4 nitrogen and oxygen atoms in total. The van der Waals surface area contributed by atoms with Crippen molar-refractivity contribution in [3.8, 4) is 5.75 Å². The van der Waals surface area contributed by atoms with E-state index >= 15 is 0 Å². The zero-order valence-electron chi connectivity index (χ0n) is 10.4. The Balaban J connectivity index is 0.00000162. The second kappa shape index (κ2) is 6.73. The van der Waals surface area contributed by atoms with E-state index in [4.69, 9.17) is 4.74 Å². The molecule has 0 atom stereocenters. The van der Waals surface area contributed by atoms with Crippen LogP contribution in [0.4, 0.5) is 0 Å². The minimum atomic E-state index is 0. The smallest absolute Gasteiger partial charge is 0.159 e. The van der Waals surface area contributed by atoms with Crippen molar-refractivity contribution in [2.75, 3.05) is 26.3 Å². The first-order chi connectivity index (χ1) is 8.16. The molecule has 1 saturated heterocycles. The highest BCUT2D eigenvalue weighted by molar-refractivity contribution is 5.94. The zero-order chi connectivity index (χ0) is 12.3. The second-order valence-electron chi connectivity index (χ2n) is 4.29. The zero-order valence-corrected chi connectivity index (χ0v) is 11.2. The van der Waals surface area contributed by atoms with Crippen LogP contribution in [0.2, 0.25) is 0 Å². The summed E-state index contributed by atoms with van der Waals surface area (Å²) in [5, 5.41) is 9.78. The average Bonchev–Trinajstić information content (AvgIpc) is 2.33. The van der Waals surface area contributed by atoms with Crippen LogP contribution in [-0.4, -0.2) is 42.1 Å². The summed E-state index contributed by atoms with van der Waals surface area (Å²) >= 11 is 0. The molecule has 1 N–H and O–H groups in total. The summed E-state index contributed by atoms with van der Waals surface area (Å²) in [6, 6.07) is 5.01. The number of morpholine rings is 1. The summed E-state index contributed by atoms with van der Waals surface area (Å²) in [6.45, 7) is 5.38. The molecule has 0 unspecified atom stereocenters. The minimum absolute atomic E-state index is 0. The Morgan fingerprint density at radius 3 is 2.67 bits per heavy atom. The fourth-order valence-corrected chi connectivity index (χ4v) is 1.93. The van der Waals surface area contributed by atoms with Crippen LogP contribution in [0.1, 0.15) is 22.8 Å². The van der Waals surface area contributed by atoms with Crippen LogP contribution in [0.15, 0.2) is 18.2 Å². The molecule has 0 amide bonds. The first-order valence-electron chi connectivity index (χ1n) is 5.80. The molecule has 0 aliphatic carbocycles. The topological polar surface area (TPSA) is 49.8 Å². The summed E-state index contributed by atoms with van der Waals surface area (Å²) in [7, 11) is 0. The van der Waals surface area contributed by atoms with Gasteiger partial charge in [0.15, 0.2) is 5.78 Å². The van der Waals surface area contributed by atoms with Gasteiger partial charge >= 0.3 is 0 Å². The standard InChI is InChI=1S/C13H17NO3.ClH/c1-10(15)11-2-3-13(16)12(8-11)9-14-4-6-17-7-5-14;/h2-3,8,16H,4-7,9H2,1H3;1H. The molecular weight excluding hydrogens is 254 g/mol. The Morgan fingerprint density at radius 1 is 1.39 bits per heavy atom. The maximum atomic E-state index is 11.3. The van der Waals surface area contributed by atoms with E-state index in [0.717, 1.165) is 31.9 Å². The van der Waals surface area contributed by atoms with Crippen LogP contribution in [0.3, 0.4) is 0 Å². The van der Waals surface area contributed by atoms with Crippen molar-refractivity contribution in [2.24, 2.45) is 0 Å². The Kier molecular flexibility index (Phi) is 5.59. The van der Waals surface area contributed by atoms with Gasteiger partial charge in [0, 0.05) is 30.8 Å². The van der Waals surface area contributed by atoms with E-state index in [0.29, 0.717) is 12.1 Å². The molecule has 1 heterocycles. The lowest BCUT2D eigenvalue weighted by Gasteiger charge is -2.26. The van der Waals surface area contributed by atoms with Crippen molar-refractivity contribution < 1.29 is 14.6 Å². The van der Waals surface area contributed by atoms with Gasteiger partial charge < -0.3 is 9.84 Å². The Bertz CT molecular complexity index is 417. The van der Waals surface area contributed by atoms with Gasteiger partial charge in [0.25, 0.3) is 0 Å². The number of phenolic OH excluding ortho intramolecular Hbond substituents is 1. The lowest BCUT2D eigenvalue weighted by Crippen LogP contribution is -2.35. The van der Waals surface area contributed by atoms with Crippen molar-refractivity contribution in [3.05, 3.63) is 29.3 Å². The number of ether oxygens (including phenoxy) is 1. The highest BCUT2D eigenvalue weighted by atomic mass is 35.5. The van der Waals surface area contributed by atoms with E-state index in [9.17, 15) is 9.90 Å². The summed E-state index contributed by atoms with van der Waals surface area (Å²) in [4.78, 5) is 13.5. The molecular formula is C13H18ClNO3. The number of benzene rings is 1. The van der Waals surface area contributed by atoms with Crippen LogP contribution in [-0.2, 0) is 11.3 Å². The second-order valence-corrected chi connectivity index (χ2v) is 4.29. The molecule has 1 aromatic rings. The van der Waals surface area contributed by atoms with Gasteiger partial charge in [-0.3, -0.25) is 9.69 Å². The highest BCUT2D eigenvalue weighted by Gasteiger charge is 2.13. The van der Waals surface area contributed by atoms with Crippen LogP contribution in [0.5, 0.6) is 5.75 Å². The molecule has 0 spiro atoms. The molecule has 1 fully saturated rings. The molecule has 18 heavy (non-hydrogen) atoms. The molecule has 0 aromatic heterocycles. The van der Waals surface area contributed by atoms with E-state index in [-0.39, 0.29) is 23.9 Å². The average molecular weight is 272 g/mol. The maximum absolute atomic E-state index is 11.3. The molecule has 1 aliphatic rings. The SMILES string of the molecule is CC(=O)c1ccc(O)c(CN2CCOCC2)c1.Cl. The van der Waals surface area contributed by atoms with Gasteiger partial charge in [0.05, 0.1) is 13.2 Å². The van der Waals surface area contributed by atoms with E-state index in [1.807, 2.05) is 0 Å². The van der Waals surface area contributed by atoms with Gasteiger partial charge in [-0.15, -0.1) is 12.4 Å². The maximum Gasteiger partial charge on any atom is 0.159 e. The van der Waals surface area contributed by atoms with Crippen LogP contribution in [0.25, 0.3) is 0 Å². The van der Waals surface area contributed by atoms with E-state index < -0.39 is 0 Å². The molecule has 1 aromatic carbocycles. The molecule has 100 valence electrons. The van der Waals surface area contributed by atoms with Crippen molar-refractivity contribution in [2.45, 2.75) is 13.5 Å². The van der Waals surface area contributed by atoms with Crippen LogP contribution < -0.4 is 0 Å². The Labute approximate surface area is 113 Å². The molecule has 1 aliphatic heterocycles. The number of Topliss-reactive ketones (excluding diaryl/α,β-unsaturated/α-hetero) is 1. The van der Waals surface area contributed by atoms with Crippen LogP contribution in [0, 0.1) is 0 Å². The minimum Gasteiger partial charge on any atom is -0.508 e. The summed E-state index contributed by atoms with van der Waals surface area (Å²) in [5.41, 5.74) is 1.45. The Morgan fingerprint density at radius 2 is 2.06 bits per heavy atom. The number of rotatable bonds is 3. The lowest BCUT2D eigenvalue weighted by atomic mass is 10.1. The van der Waals surface area contributed by atoms with Gasteiger partial charge in [-0.25, -0.2) is 0 Å². The van der Waals surface area contributed by atoms with Gasteiger partial charge in [-0.2, -0.15) is 0 Å². The number of halogens is 1. The predicted molar refractivity (Wildman–Crippen MR) is 71.5 cm³/mol. The number of phenols is 1. The van der Waals surface area contributed by atoms with Crippen molar-refractivity contribution in [1.82, 2.24) is 4.90 Å². The van der Waals surface area contributed by atoms with Crippen molar-refractivity contribution >= 4 is 18.2 Å². The number of nitrogens with zero attached hydrogens (tertiary/aromatic N) is 1. The Hall–Kier alpha value is -1.10. The monoisotopic (exact) mass is 271 g/mol. The molecule has 0 bridgehead atoms. The molecule has 5 heteroatoms. The molecule has 2 rings (SSSR count). The fraction of sp³-hybridized carbons (Fsp3) is 0.462. The number of ketones is 1. The van der Waals surface area contributed by atoms with Gasteiger partial charge in [0.2, 0.25) is 0 Å². The molecule has 0 saturated carbocycles. The van der Waals surface area contributed by atoms with Crippen LogP contribution >= 0.6 is 12.4 Å². The third-order valence-corrected chi connectivity index (χ3v) is 2.98. The van der Waals surface area contributed by atoms with Gasteiger partial charge in [-0.05, 0) is 25.1 Å². The lowest BCUT2D eigenvalue weighted by molar-refractivity contribution is 0.0338. The van der Waals surface area contributed by atoms with E-state index in [1.165, 1.54) is 6.92 Å². The third-order valence-electron chi connectivity index (χ3n) is 2.98. The number of carbonyl (C=O) groups excluding carboxylic acids is 1. The van der Waals surface area contributed by atoms with Crippen molar-refractivity contribution in [3.63, 3.8) is 0 Å². The predicted octanol–water partition coefficient (Wildman–Crippen LogP) is 1.85. The van der Waals surface area contributed by atoms with Gasteiger partial charge in [0.1, 0.15) is 5.75 Å². The fourth-order valence-electron chi connectivity index (χ4n) is 1.93. The molecule has 0 radical (unpaired) electrons. The van der Waals surface area contributed by atoms with Crippen molar-refractivity contribution in [1.29, 1.82) is 0 Å². The third kappa shape index (κ3) is 3.70.